The van der Waals surface area contributed by atoms with Crippen LogP contribution >= 0.6 is 23.2 Å². The van der Waals surface area contributed by atoms with E-state index in [1.807, 2.05) is 6.92 Å². The number of anilines is 1. The van der Waals surface area contributed by atoms with Gasteiger partial charge in [-0.25, -0.2) is 4.79 Å². The summed E-state index contributed by atoms with van der Waals surface area (Å²) in [6, 6.07) is 8.45. The molecule has 1 aliphatic rings. The molecule has 2 aromatic rings. The van der Waals surface area contributed by atoms with E-state index in [1.165, 1.54) is 7.11 Å². The summed E-state index contributed by atoms with van der Waals surface area (Å²) in [7, 11) is 1.36. The number of carbonyl (C=O) groups excluding carboxylic acids is 2. The van der Waals surface area contributed by atoms with Gasteiger partial charge in [0.2, 0.25) is 0 Å². The molecule has 1 fully saturated rings. The molecule has 0 spiro atoms. The van der Waals surface area contributed by atoms with E-state index in [0.717, 1.165) is 5.56 Å². The lowest BCUT2D eigenvalue weighted by atomic mass is 9.99. The Labute approximate surface area is 167 Å². The highest BCUT2D eigenvalue weighted by molar-refractivity contribution is 6.36. The van der Waals surface area contributed by atoms with Crippen LogP contribution in [0.5, 0.6) is 0 Å². The quantitative estimate of drug-likeness (QED) is 0.768. The van der Waals surface area contributed by atoms with E-state index in [9.17, 15) is 9.59 Å². The van der Waals surface area contributed by atoms with Gasteiger partial charge in [0.05, 0.1) is 35.6 Å². The molecule has 0 saturated carbocycles. The number of hydrogen-bond acceptors (Lipinski definition) is 4. The fraction of sp³-hybridized carbons (Fsp3) is 0.316. The predicted octanol–water partition coefficient (Wildman–Crippen LogP) is 4.33. The normalized spacial score (nSPS) is 19.0. The van der Waals surface area contributed by atoms with E-state index < -0.39 is 0 Å². The Hall–Kier alpha value is -2.31. The van der Waals surface area contributed by atoms with Gasteiger partial charge in [0.15, 0.2) is 0 Å². The molecule has 142 valence electrons. The minimum absolute atomic E-state index is 0.0516. The molecule has 0 aliphatic carbocycles. The summed E-state index contributed by atoms with van der Waals surface area (Å²) in [5, 5.41) is 3.86. The Kier molecular flexibility index (Phi) is 5.87. The number of halogens is 2. The molecule has 0 bridgehead atoms. The van der Waals surface area contributed by atoms with Gasteiger partial charge in [-0.1, -0.05) is 30.1 Å². The van der Waals surface area contributed by atoms with Gasteiger partial charge in [-0.05, 0) is 36.2 Å². The third-order valence-electron chi connectivity index (χ3n) is 4.63. The van der Waals surface area contributed by atoms with Gasteiger partial charge in [0, 0.05) is 23.7 Å². The van der Waals surface area contributed by atoms with Crippen molar-refractivity contribution in [3.05, 3.63) is 46.6 Å². The molecular formula is C19H19Cl2N3O3. The number of amides is 2. The highest BCUT2D eigenvalue weighted by atomic mass is 35.5. The maximum absolute atomic E-state index is 12.5. The van der Waals surface area contributed by atoms with Crippen molar-refractivity contribution >= 4 is 40.9 Å². The van der Waals surface area contributed by atoms with Gasteiger partial charge in [-0.3, -0.25) is 9.78 Å². The lowest BCUT2D eigenvalue weighted by Crippen LogP contribution is -2.34. The molecular weight excluding hydrogens is 389 g/mol. The Morgan fingerprint density at radius 1 is 1.22 bits per heavy atom. The molecule has 2 amide bonds. The fourth-order valence-corrected chi connectivity index (χ4v) is 3.62. The second-order valence-electron chi connectivity index (χ2n) is 6.50. The first kappa shape index (κ1) is 19.5. The number of benzene rings is 1. The van der Waals surface area contributed by atoms with Crippen molar-refractivity contribution < 1.29 is 14.3 Å². The topological polar surface area (TPSA) is 71.5 Å². The van der Waals surface area contributed by atoms with Gasteiger partial charge in [-0.15, -0.1) is 0 Å². The molecule has 2 heterocycles. The third-order valence-corrected chi connectivity index (χ3v) is 5.17. The van der Waals surface area contributed by atoms with E-state index in [0.29, 0.717) is 34.5 Å². The molecule has 0 radical (unpaired) electrons. The third kappa shape index (κ3) is 4.34. The zero-order chi connectivity index (χ0) is 19.6. The summed E-state index contributed by atoms with van der Waals surface area (Å²) < 4.78 is 4.80. The first-order valence-electron chi connectivity index (χ1n) is 8.44. The molecule has 1 aromatic carbocycles. The molecule has 1 N–H and O–H groups in total. The largest absolute Gasteiger partial charge is 0.469 e. The van der Waals surface area contributed by atoms with Crippen molar-refractivity contribution in [2.24, 2.45) is 11.8 Å². The minimum Gasteiger partial charge on any atom is -0.469 e. The van der Waals surface area contributed by atoms with Crippen molar-refractivity contribution in [3.63, 3.8) is 0 Å². The van der Waals surface area contributed by atoms with E-state index in [1.54, 1.807) is 41.4 Å². The Balaban J connectivity index is 1.66. The molecule has 8 heteroatoms. The number of ether oxygens (including phenoxy) is 1. The van der Waals surface area contributed by atoms with E-state index in [-0.39, 0.29) is 23.8 Å². The van der Waals surface area contributed by atoms with E-state index >= 15 is 0 Å². The standard InChI is InChI=1S/C19H19Cl2N3O3/c1-11-9-24(10-15(11)18(25)27-2)19(26)23-13-4-6-17(22-8-13)14-5-3-12(20)7-16(14)21/h3-8,11,15H,9-10H2,1-2H3,(H,23,26)/t11-,15-/m1/s1. The first-order valence-corrected chi connectivity index (χ1v) is 9.20. The molecule has 6 nitrogen and oxygen atoms in total. The number of methoxy groups -OCH3 is 1. The number of aromatic nitrogens is 1. The monoisotopic (exact) mass is 407 g/mol. The summed E-state index contributed by atoms with van der Waals surface area (Å²) in [5.41, 5.74) is 1.99. The lowest BCUT2D eigenvalue weighted by Gasteiger charge is -2.17. The van der Waals surface area contributed by atoms with Crippen LogP contribution in [0.25, 0.3) is 11.3 Å². The maximum Gasteiger partial charge on any atom is 0.321 e. The molecule has 1 aliphatic heterocycles. The smallest absolute Gasteiger partial charge is 0.321 e. The summed E-state index contributed by atoms with van der Waals surface area (Å²) in [6.45, 7) is 2.77. The molecule has 27 heavy (non-hydrogen) atoms. The van der Waals surface area contributed by atoms with Crippen molar-refractivity contribution in [1.82, 2.24) is 9.88 Å². The van der Waals surface area contributed by atoms with Crippen LogP contribution in [0.3, 0.4) is 0 Å². The van der Waals surface area contributed by atoms with Crippen LogP contribution in [0, 0.1) is 11.8 Å². The van der Waals surface area contributed by atoms with Crippen molar-refractivity contribution in [3.8, 4) is 11.3 Å². The predicted molar refractivity (Wildman–Crippen MR) is 105 cm³/mol. The number of likely N-dealkylation sites (tertiary alicyclic amines) is 1. The van der Waals surface area contributed by atoms with Crippen LogP contribution in [0.2, 0.25) is 10.0 Å². The van der Waals surface area contributed by atoms with Gasteiger partial charge in [0.1, 0.15) is 0 Å². The zero-order valence-electron chi connectivity index (χ0n) is 14.9. The van der Waals surface area contributed by atoms with Crippen LogP contribution in [0.1, 0.15) is 6.92 Å². The van der Waals surface area contributed by atoms with Crippen LogP contribution in [-0.2, 0) is 9.53 Å². The van der Waals surface area contributed by atoms with Gasteiger partial charge >= 0.3 is 12.0 Å². The number of esters is 1. The van der Waals surface area contributed by atoms with Crippen LogP contribution < -0.4 is 5.32 Å². The number of nitrogens with one attached hydrogen (secondary N) is 1. The highest BCUT2D eigenvalue weighted by Crippen LogP contribution is 2.30. The van der Waals surface area contributed by atoms with Crippen LogP contribution in [0.4, 0.5) is 10.5 Å². The number of rotatable bonds is 3. The molecule has 1 aromatic heterocycles. The molecule has 1 saturated heterocycles. The SMILES string of the molecule is COC(=O)[C@@H]1CN(C(=O)Nc2ccc(-c3ccc(Cl)cc3Cl)nc2)C[C@H]1C. The fourth-order valence-electron chi connectivity index (χ4n) is 3.12. The van der Waals surface area contributed by atoms with Crippen LogP contribution in [0.15, 0.2) is 36.5 Å². The minimum atomic E-state index is -0.298. The lowest BCUT2D eigenvalue weighted by molar-refractivity contribution is -0.145. The van der Waals surface area contributed by atoms with Gasteiger partial charge in [0.25, 0.3) is 0 Å². The summed E-state index contributed by atoms with van der Waals surface area (Å²) in [4.78, 5) is 30.2. The zero-order valence-corrected chi connectivity index (χ0v) is 16.4. The number of urea groups is 1. The second-order valence-corrected chi connectivity index (χ2v) is 7.34. The van der Waals surface area contributed by atoms with E-state index in [2.05, 4.69) is 10.3 Å². The van der Waals surface area contributed by atoms with Crippen molar-refractivity contribution in [1.29, 1.82) is 0 Å². The maximum atomic E-state index is 12.5. The first-order chi connectivity index (χ1) is 12.9. The van der Waals surface area contributed by atoms with E-state index in [4.69, 9.17) is 27.9 Å². The Morgan fingerprint density at radius 3 is 2.63 bits per heavy atom. The summed E-state index contributed by atoms with van der Waals surface area (Å²) in [5.74, 6) is -0.535. The van der Waals surface area contributed by atoms with Crippen molar-refractivity contribution in [2.75, 3.05) is 25.5 Å². The Morgan fingerprint density at radius 2 is 2.00 bits per heavy atom. The molecule has 2 atom stereocenters. The highest BCUT2D eigenvalue weighted by Gasteiger charge is 2.37. The average Bonchev–Trinajstić information content (AvgIpc) is 3.04. The number of hydrogen-bond donors (Lipinski definition) is 1. The number of pyridine rings is 1. The van der Waals surface area contributed by atoms with Crippen LogP contribution in [-0.4, -0.2) is 42.1 Å². The molecule has 0 unspecified atom stereocenters. The Bertz CT molecular complexity index is 858. The molecule has 3 rings (SSSR count). The summed E-state index contributed by atoms with van der Waals surface area (Å²) >= 11 is 12.1. The number of nitrogens with zero attached hydrogens (tertiary/aromatic N) is 2. The van der Waals surface area contributed by atoms with Gasteiger partial charge < -0.3 is 15.0 Å². The van der Waals surface area contributed by atoms with Crippen molar-refractivity contribution in [2.45, 2.75) is 6.92 Å². The summed E-state index contributed by atoms with van der Waals surface area (Å²) in [6.07, 6.45) is 1.56. The van der Waals surface area contributed by atoms with Gasteiger partial charge in [-0.2, -0.15) is 0 Å². The average molecular weight is 408 g/mol. The second kappa shape index (κ2) is 8.15. The number of carbonyl (C=O) groups is 2.